The minimum Gasteiger partial charge on any atom is -0.346 e. The molecule has 4 saturated carbocycles. The zero-order chi connectivity index (χ0) is 31.6. The summed E-state index contributed by atoms with van der Waals surface area (Å²) in [7, 11) is 0. The average Bonchev–Trinajstić information content (AvgIpc) is 3.53. The molecule has 0 aromatic carbocycles. The number of urea groups is 1. The molecule has 5 amide bonds. The Morgan fingerprint density at radius 3 is 2.34 bits per heavy atom. The molecule has 0 spiro atoms. The van der Waals surface area contributed by atoms with Crippen LogP contribution < -0.4 is 21.3 Å². The van der Waals surface area contributed by atoms with Crippen molar-refractivity contribution in [3.05, 3.63) is 25.3 Å². The van der Waals surface area contributed by atoms with Crippen LogP contribution in [0.5, 0.6) is 0 Å². The van der Waals surface area contributed by atoms with Gasteiger partial charge in [0.1, 0.15) is 16.4 Å². The molecule has 1 saturated heterocycles. The summed E-state index contributed by atoms with van der Waals surface area (Å²) in [4.78, 5) is 68.4. The van der Waals surface area contributed by atoms with E-state index in [1.165, 1.54) is 17.4 Å². The Balaban J connectivity index is 1.32. The predicted octanol–water partition coefficient (Wildman–Crippen LogP) is 3.38. The van der Waals surface area contributed by atoms with Crippen molar-refractivity contribution < 1.29 is 24.0 Å². The SMILES string of the molecule is C=CCCC(NC(=O)[C@@H]1C2C(CN1C(=O)C(NC(=O)NC1CC3CCC1C3)C1CCCCC1)C2(Cl)Cl)C(=O)C(=O)NCC=C. The van der Waals surface area contributed by atoms with Crippen LogP contribution in [0, 0.1) is 29.6 Å². The number of piperidine rings is 1. The summed E-state index contributed by atoms with van der Waals surface area (Å²) in [6.07, 6.45) is 12.7. The lowest BCUT2D eigenvalue weighted by Crippen LogP contribution is -2.61. The van der Waals surface area contributed by atoms with Crippen LogP contribution in [0.25, 0.3) is 0 Å². The molecule has 4 aliphatic carbocycles. The Labute approximate surface area is 269 Å². The quantitative estimate of drug-likeness (QED) is 0.138. The number of allylic oxidation sites excluding steroid dienone is 1. The summed E-state index contributed by atoms with van der Waals surface area (Å²) in [5, 5.41) is 11.3. The summed E-state index contributed by atoms with van der Waals surface area (Å²) in [5.74, 6) is -2.33. The van der Waals surface area contributed by atoms with Gasteiger partial charge < -0.3 is 26.2 Å². The molecule has 2 bridgehead atoms. The molecule has 0 aromatic rings. The molecule has 10 nitrogen and oxygen atoms in total. The van der Waals surface area contributed by atoms with Crippen molar-refractivity contribution >= 4 is 52.7 Å². The molecule has 5 fully saturated rings. The summed E-state index contributed by atoms with van der Waals surface area (Å²) >= 11 is 13.1. The Morgan fingerprint density at radius 2 is 1.70 bits per heavy atom. The molecule has 1 aliphatic heterocycles. The molecular weight excluding hydrogens is 605 g/mol. The second kappa shape index (κ2) is 13.8. The fourth-order valence-electron chi connectivity index (χ4n) is 8.15. The van der Waals surface area contributed by atoms with Crippen molar-refractivity contribution in [3.8, 4) is 0 Å². The third-order valence-electron chi connectivity index (χ3n) is 10.5. The van der Waals surface area contributed by atoms with Crippen LogP contribution in [0.3, 0.4) is 0 Å². The molecule has 7 unspecified atom stereocenters. The van der Waals surface area contributed by atoms with Gasteiger partial charge in [0.2, 0.25) is 17.6 Å². The normalized spacial score (nSPS) is 31.3. The highest BCUT2D eigenvalue weighted by Gasteiger charge is 2.74. The molecule has 242 valence electrons. The lowest BCUT2D eigenvalue weighted by Gasteiger charge is -2.37. The van der Waals surface area contributed by atoms with E-state index in [9.17, 15) is 24.0 Å². The molecule has 12 heteroatoms. The molecule has 5 aliphatic rings. The van der Waals surface area contributed by atoms with E-state index in [1.54, 1.807) is 6.08 Å². The van der Waals surface area contributed by atoms with E-state index in [-0.39, 0.29) is 49.3 Å². The minimum atomic E-state index is -1.19. The van der Waals surface area contributed by atoms with Crippen LogP contribution in [-0.4, -0.2) is 76.0 Å². The highest BCUT2D eigenvalue weighted by atomic mass is 35.5. The van der Waals surface area contributed by atoms with Gasteiger partial charge in [-0.1, -0.05) is 37.8 Å². The number of carbonyl (C=O) groups is 5. The van der Waals surface area contributed by atoms with Crippen molar-refractivity contribution in [2.75, 3.05) is 13.1 Å². The van der Waals surface area contributed by atoms with E-state index in [1.807, 2.05) is 0 Å². The second-order valence-corrected chi connectivity index (χ2v) is 14.8. The summed E-state index contributed by atoms with van der Waals surface area (Å²) in [6.45, 7) is 7.49. The number of amides is 5. The number of alkyl halides is 2. The lowest BCUT2D eigenvalue weighted by atomic mass is 9.83. The Bertz CT molecular complexity index is 1170. The van der Waals surface area contributed by atoms with Gasteiger partial charge >= 0.3 is 6.03 Å². The number of nitrogens with one attached hydrogen (secondary N) is 4. The van der Waals surface area contributed by atoms with Crippen LogP contribution in [0.4, 0.5) is 4.79 Å². The van der Waals surface area contributed by atoms with Crippen molar-refractivity contribution in [2.45, 2.75) is 99.1 Å². The Kier molecular flexibility index (Phi) is 10.3. The number of ketones is 1. The highest BCUT2D eigenvalue weighted by molar-refractivity contribution is 6.51. The topological polar surface area (TPSA) is 137 Å². The van der Waals surface area contributed by atoms with E-state index in [0.717, 1.165) is 51.4 Å². The maximum Gasteiger partial charge on any atom is 0.315 e. The standard InChI is InChI=1S/C32H45Cl2N5O5/c1-3-5-11-22(27(40)29(42)35-14-4-2)36-28(41)26-24-21(32(24,33)34)17-39(26)30(43)25(19-9-7-6-8-10-19)38-31(44)37-23-16-18-12-13-20(23)15-18/h3-4,18-26H,1-2,5-17H2,(H,35,42)(H,36,41)(H2,37,38,44)/t18?,20?,21?,22?,23?,24?,25?,26-/m0/s1. The third kappa shape index (κ3) is 6.81. The zero-order valence-corrected chi connectivity index (χ0v) is 26.7. The predicted molar refractivity (Wildman–Crippen MR) is 168 cm³/mol. The van der Waals surface area contributed by atoms with E-state index in [0.29, 0.717) is 18.3 Å². The zero-order valence-electron chi connectivity index (χ0n) is 25.2. The Hall–Kier alpha value is -2.59. The first-order valence-corrected chi connectivity index (χ1v) is 16.9. The van der Waals surface area contributed by atoms with E-state index in [2.05, 4.69) is 34.4 Å². The summed E-state index contributed by atoms with van der Waals surface area (Å²) in [5.41, 5.74) is 0. The number of nitrogens with zero attached hydrogens (tertiary/aromatic N) is 1. The number of hydrogen-bond donors (Lipinski definition) is 4. The van der Waals surface area contributed by atoms with Gasteiger partial charge in [0, 0.05) is 31.0 Å². The number of halogens is 2. The smallest absolute Gasteiger partial charge is 0.315 e. The van der Waals surface area contributed by atoms with Gasteiger partial charge in [0.05, 0.1) is 6.04 Å². The minimum absolute atomic E-state index is 0.0603. The largest absolute Gasteiger partial charge is 0.346 e. The van der Waals surface area contributed by atoms with Gasteiger partial charge in [-0.25, -0.2) is 4.79 Å². The van der Waals surface area contributed by atoms with Gasteiger partial charge in [-0.15, -0.1) is 36.4 Å². The maximum absolute atomic E-state index is 14.3. The first-order valence-electron chi connectivity index (χ1n) is 16.2. The van der Waals surface area contributed by atoms with Crippen molar-refractivity contribution in [2.24, 2.45) is 29.6 Å². The van der Waals surface area contributed by atoms with Crippen molar-refractivity contribution in [1.29, 1.82) is 0 Å². The molecule has 1 heterocycles. The molecule has 4 N–H and O–H groups in total. The Morgan fingerprint density at radius 1 is 0.955 bits per heavy atom. The molecule has 8 atom stereocenters. The van der Waals surface area contributed by atoms with Gasteiger partial charge in [0.15, 0.2) is 0 Å². The van der Waals surface area contributed by atoms with Gasteiger partial charge in [-0.3, -0.25) is 19.2 Å². The van der Waals surface area contributed by atoms with E-state index >= 15 is 0 Å². The fourth-order valence-corrected chi connectivity index (χ4v) is 8.98. The fraction of sp³-hybridized carbons (Fsp3) is 0.719. The van der Waals surface area contributed by atoms with Crippen LogP contribution in [0.2, 0.25) is 0 Å². The molecule has 44 heavy (non-hydrogen) atoms. The first-order chi connectivity index (χ1) is 21.1. The van der Waals surface area contributed by atoms with Crippen molar-refractivity contribution in [3.63, 3.8) is 0 Å². The monoisotopic (exact) mass is 649 g/mol. The molecule has 5 rings (SSSR count). The number of likely N-dealkylation sites (tertiary alicyclic amines) is 1. The number of carbonyl (C=O) groups excluding carboxylic acids is 5. The van der Waals surface area contributed by atoms with E-state index < -0.39 is 46.0 Å². The maximum atomic E-state index is 14.3. The first kappa shape index (κ1) is 32.8. The average molecular weight is 651 g/mol. The van der Waals surface area contributed by atoms with Crippen LogP contribution in [0.1, 0.15) is 70.6 Å². The molecule has 0 aromatic heterocycles. The number of fused-ring (bicyclic) bond motifs is 3. The van der Waals surface area contributed by atoms with Gasteiger partial charge in [-0.2, -0.15) is 0 Å². The van der Waals surface area contributed by atoms with Gasteiger partial charge in [-0.05, 0) is 62.7 Å². The van der Waals surface area contributed by atoms with Crippen LogP contribution >= 0.6 is 23.2 Å². The number of hydrogen-bond acceptors (Lipinski definition) is 5. The lowest BCUT2D eigenvalue weighted by molar-refractivity contribution is -0.144. The second-order valence-electron chi connectivity index (χ2n) is 13.3. The van der Waals surface area contributed by atoms with Crippen LogP contribution in [0.15, 0.2) is 25.3 Å². The van der Waals surface area contributed by atoms with E-state index in [4.69, 9.17) is 23.2 Å². The number of Topliss-reactive ketones (excluding diaryl/α,β-unsaturated/α-hetero) is 1. The van der Waals surface area contributed by atoms with Crippen molar-refractivity contribution in [1.82, 2.24) is 26.2 Å². The van der Waals surface area contributed by atoms with Gasteiger partial charge in [0.25, 0.3) is 5.91 Å². The summed E-state index contributed by atoms with van der Waals surface area (Å²) < 4.78 is -1.19. The van der Waals surface area contributed by atoms with Crippen LogP contribution in [-0.2, 0) is 19.2 Å². The molecule has 0 radical (unpaired) electrons. The highest BCUT2D eigenvalue weighted by Crippen LogP contribution is 2.65. The third-order valence-corrected chi connectivity index (χ3v) is 11.6. The molecular formula is C32H45Cl2N5O5. The summed E-state index contributed by atoms with van der Waals surface area (Å²) in [6, 6.07) is -3.19. The number of rotatable bonds is 13.